The van der Waals surface area contributed by atoms with Crippen molar-refractivity contribution in [3.63, 3.8) is 0 Å². The quantitative estimate of drug-likeness (QED) is 0.204. The van der Waals surface area contributed by atoms with Crippen LogP contribution in [0.4, 0.5) is 5.69 Å². The van der Waals surface area contributed by atoms with Crippen LogP contribution in [-0.2, 0) is 4.79 Å². The van der Waals surface area contributed by atoms with Crippen molar-refractivity contribution < 1.29 is 9.53 Å². The molecule has 0 fully saturated rings. The Morgan fingerprint density at radius 2 is 1.94 bits per heavy atom. The number of aromatic nitrogens is 2. The van der Waals surface area contributed by atoms with Crippen molar-refractivity contribution in [2.75, 3.05) is 11.9 Å². The highest BCUT2D eigenvalue weighted by atomic mass is 127. The molecule has 35 heavy (non-hydrogen) atoms. The average molecular weight is 645 g/mol. The second-order valence-electron chi connectivity index (χ2n) is 8.04. The summed E-state index contributed by atoms with van der Waals surface area (Å²) in [5.41, 5.74) is 1.91. The van der Waals surface area contributed by atoms with E-state index in [1.54, 1.807) is 18.3 Å². The van der Waals surface area contributed by atoms with Crippen molar-refractivity contribution in [2.24, 2.45) is 5.10 Å². The van der Waals surface area contributed by atoms with Crippen LogP contribution in [0, 0.1) is 3.57 Å². The molecule has 1 amide bonds. The molecule has 4 rings (SSSR count). The third kappa shape index (κ3) is 6.15. The summed E-state index contributed by atoms with van der Waals surface area (Å²) in [6, 6.07) is 20.1. The monoisotopic (exact) mass is 644 g/mol. The SMILES string of the molecule is CC(C)c1nc2ccc(Br)cc2c(=O)n1N=Cc1ccc(OCC(=O)Nc2ccccc2)c(I)c1. The molecule has 9 heteroatoms. The van der Waals surface area contributed by atoms with Gasteiger partial charge in [-0.05, 0) is 76.7 Å². The van der Waals surface area contributed by atoms with Gasteiger partial charge < -0.3 is 10.1 Å². The summed E-state index contributed by atoms with van der Waals surface area (Å²) < 4.78 is 8.66. The van der Waals surface area contributed by atoms with Crippen LogP contribution in [0.25, 0.3) is 10.9 Å². The van der Waals surface area contributed by atoms with E-state index in [0.29, 0.717) is 28.2 Å². The molecule has 0 unspecified atom stereocenters. The van der Waals surface area contributed by atoms with Crippen LogP contribution in [0.2, 0.25) is 0 Å². The van der Waals surface area contributed by atoms with Crippen LogP contribution in [0.1, 0.15) is 31.2 Å². The molecular formula is C26H22BrIN4O3. The summed E-state index contributed by atoms with van der Waals surface area (Å²) in [4.78, 5) is 30.0. The molecule has 0 aliphatic carbocycles. The smallest absolute Gasteiger partial charge is 0.282 e. The molecule has 4 aromatic rings. The molecule has 0 spiro atoms. The van der Waals surface area contributed by atoms with Crippen LogP contribution in [0.15, 0.2) is 81.1 Å². The first kappa shape index (κ1) is 25.1. The predicted molar refractivity (Wildman–Crippen MR) is 151 cm³/mol. The Balaban J connectivity index is 1.52. The summed E-state index contributed by atoms with van der Waals surface area (Å²) in [7, 11) is 0. The molecule has 0 saturated carbocycles. The fourth-order valence-electron chi connectivity index (χ4n) is 3.35. The van der Waals surface area contributed by atoms with Gasteiger partial charge in [-0.3, -0.25) is 9.59 Å². The zero-order valence-corrected chi connectivity index (χ0v) is 22.8. The number of ether oxygens (including phenoxy) is 1. The minimum Gasteiger partial charge on any atom is -0.483 e. The number of fused-ring (bicyclic) bond motifs is 1. The van der Waals surface area contributed by atoms with E-state index in [-0.39, 0.29) is 24.0 Å². The standard InChI is InChI=1S/C26H22BrIN4O3/c1-16(2)25-31-22-10-9-18(27)13-20(22)26(34)32(25)29-14-17-8-11-23(21(28)12-17)35-15-24(33)30-19-6-4-3-5-7-19/h3-14,16H,15H2,1-2H3,(H,30,33). The highest BCUT2D eigenvalue weighted by Crippen LogP contribution is 2.22. The lowest BCUT2D eigenvalue weighted by Gasteiger charge is -2.12. The topological polar surface area (TPSA) is 85.6 Å². The second-order valence-corrected chi connectivity index (χ2v) is 10.1. The molecule has 7 nitrogen and oxygen atoms in total. The number of benzene rings is 3. The molecular weight excluding hydrogens is 623 g/mol. The predicted octanol–water partition coefficient (Wildman–Crippen LogP) is 5.79. The van der Waals surface area contributed by atoms with Crippen molar-refractivity contribution in [2.45, 2.75) is 19.8 Å². The first-order valence-corrected chi connectivity index (χ1v) is 12.7. The molecule has 1 aromatic heterocycles. The Hall–Kier alpha value is -3.05. The third-order valence-electron chi connectivity index (χ3n) is 5.04. The summed E-state index contributed by atoms with van der Waals surface area (Å²) in [6.45, 7) is 3.84. The second kappa shape index (κ2) is 11.1. The van der Waals surface area contributed by atoms with E-state index in [0.717, 1.165) is 13.6 Å². The van der Waals surface area contributed by atoms with E-state index in [2.05, 4.69) is 53.9 Å². The van der Waals surface area contributed by atoms with Crippen molar-refractivity contribution in [3.05, 3.63) is 96.5 Å². The highest BCUT2D eigenvalue weighted by molar-refractivity contribution is 14.1. The maximum absolute atomic E-state index is 13.2. The maximum Gasteiger partial charge on any atom is 0.282 e. The molecule has 3 aromatic carbocycles. The Bertz CT molecular complexity index is 1470. The van der Waals surface area contributed by atoms with Gasteiger partial charge in [0, 0.05) is 16.1 Å². The van der Waals surface area contributed by atoms with E-state index < -0.39 is 0 Å². The number of nitrogens with one attached hydrogen (secondary N) is 1. The average Bonchev–Trinajstić information content (AvgIpc) is 2.83. The maximum atomic E-state index is 13.2. The van der Waals surface area contributed by atoms with Gasteiger partial charge in [-0.25, -0.2) is 4.98 Å². The molecule has 0 aliphatic rings. The van der Waals surface area contributed by atoms with Crippen LogP contribution in [0.5, 0.6) is 5.75 Å². The Labute approximate surface area is 224 Å². The molecule has 0 aliphatic heterocycles. The van der Waals surface area contributed by atoms with Crippen LogP contribution in [-0.4, -0.2) is 28.4 Å². The van der Waals surface area contributed by atoms with Crippen molar-refractivity contribution in [1.29, 1.82) is 0 Å². The lowest BCUT2D eigenvalue weighted by molar-refractivity contribution is -0.118. The van der Waals surface area contributed by atoms with Crippen molar-refractivity contribution in [1.82, 2.24) is 9.66 Å². The number of nitrogens with zero attached hydrogens (tertiary/aromatic N) is 3. The van der Waals surface area contributed by atoms with Crippen molar-refractivity contribution in [3.8, 4) is 5.75 Å². The van der Waals surface area contributed by atoms with Gasteiger partial charge in [0.15, 0.2) is 6.61 Å². The zero-order chi connectivity index (χ0) is 24.9. The lowest BCUT2D eigenvalue weighted by Crippen LogP contribution is -2.23. The molecule has 0 atom stereocenters. The van der Waals surface area contributed by atoms with Crippen LogP contribution in [0.3, 0.4) is 0 Å². The summed E-state index contributed by atoms with van der Waals surface area (Å²) in [5, 5.41) is 7.74. The van der Waals surface area contributed by atoms with Gasteiger partial charge in [0.05, 0.1) is 20.7 Å². The van der Waals surface area contributed by atoms with Crippen LogP contribution < -0.4 is 15.6 Å². The molecule has 178 valence electrons. The van der Waals surface area contributed by atoms with Gasteiger partial charge in [0.1, 0.15) is 11.6 Å². The fraction of sp³-hybridized carbons (Fsp3) is 0.154. The number of carbonyl (C=O) groups is 1. The molecule has 0 bridgehead atoms. The lowest BCUT2D eigenvalue weighted by atomic mass is 10.2. The zero-order valence-electron chi connectivity index (χ0n) is 19.0. The summed E-state index contributed by atoms with van der Waals surface area (Å²) in [6.07, 6.45) is 1.62. The van der Waals surface area contributed by atoms with Gasteiger partial charge in [-0.2, -0.15) is 9.78 Å². The first-order valence-electron chi connectivity index (χ1n) is 10.9. The highest BCUT2D eigenvalue weighted by Gasteiger charge is 2.14. The van der Waals surface area contributed by atoms with E-state index in [9.17, 15) is 9.59 Å². The van der Waals surface area contributed by atoms with E-state index >= 15 is 0 Å². The van der Waals surface area contributed by atoms with Gasteiger partial charge in [0.2, 0.25) is 0 Å². The van der Waals surface area contributed by atoms with Gasteiger partial charge in [0.25, 0.3) is 11.5 Å². The Morgan fingerprint density at radius 3 is 2.66 bits per heavy atom. The Kier molecular flexibility index (Phi) is 7.97. The number of amides is 1. The molecule has 0 saturated heterocycles. The Morgan fingerprint density at radius 1 is 1.17 bits per heavy atom. The number of carbonyl (C=O) groups excluding carboxylic acids is 1. The number of hydrogen-bond donors (Lipinski definition) is 1. The minimum absolute atomic E-state index is 0.00541. The van der Waals surface area contributed by atoms with E-state index in [1.807, 2.05) is 68.4 Å². The van der Waals surface area contributed by atoms with E-state index in [1.165, 1.54) is 4.68 Å². The van der Waals surface area contributed by atoms with Gasteiger partial charge >= 0.3 is 0 Å². The first-order chi connectivity index (χ1) is 16.8. The van der Waals surface area contributed by atoms with Crippen LogP contribution >= 0.6 is 38.5 Å². The number of hydrogen-bond acceptors (Lipinski definition) is 5. The summed E-state index contributed by atoms with van der Waals surface area (Å²) >= 11 is 5.56. The van der Waals surface area contributed by atoms with Crippen molar-refractivity contribution >= 4 is 67.2 Å². The number of rotatable bonds is 7. The summed E-state index contributed by atoms with van der Waals surface area (Å²) in [5.74, 6) is 0.933. The number of para-hydroxylation sites is 1. The fourth-order valence-corrected chi connectivity index (χ4v) is 4.41. The van der Waals surface area contributed by atoms with E-state index in [4.69, 9.17) is 4.74 Å². The number of anilines is 1. The third-order valence-corrected chi connectivity index (χ3v) is 6.38. The minimum atomic E-state index is -0.242. The van der Waals surface area contributed by atoms with Gasteiger partial charge in [-0.1, -0.05) is 48.0 Å². The number of halogens is 2. The molecule has 1 N–H and O–H groups in total. The normalized spacial score (nSPS) is 11.3. The van der Waals surface area contributed by atoms with Gasteiger partial charge in [-0.15, -0.1) is 0 Å². The molecule has 0 radical (unpaired) electrons. The molecule has 1 heterocycles. The largest absolute Gasteiger partial charge is 0.483 e.